The first-order valence-electron chi connectivity index (χ1n) is 7.81. The van der Waals surface area contributed by atoms with Gasteiger partial charge in [-0.3, -0.25) is 0 Å². The topological polar surface area (TPSA) is 18.5 Å². The van der Waals surface area contributed by atoms with Gasteiger partial charge in [0.2, 0.25) is 0 Å². The third kappa shape index (κ3) is 8.71. The van der Waals surface area contributed by atoms with Crippen LogP contribution in [-0.4, -0.2) is 19.5 Å². The average molecular weight is 254 g/mol. The predicted octanol–water partition coefficient (Wildman–Crippen LogP) is 4.84. The van der Waals surface area contributed by atoms with E-state index in [1.165, 1.54) is 57.8 Å². The lowest BCUT2D eigenvalue weighted by atomic mass is 10.1. The van der Waals surface area contributed by atoms with Crippen LogP contribution in [0.1, 0.15) is 71.1 Å². The summed E-state index contributed by atoms with van der Waals surface area (Å²) in [6.45, 7) is 3.99. The maximum atomic E-state index is 5.70. The fourth-order valence-corrected chi connectivity index (χ4v) is 2.16. The number of hydrogen-bond donors (Lipinski definition) is 0. The standard InChI is InChI=1S/C16H30O2/c1-2-3-4-5-6-7-8-9-11-14-17-16-13-10-12-15-18-16/h5-6,16H,2-4,7-15H2,1H3. The van der Waals surface area contributed by atoms with Crippen molar-refractivity contribution in [3.8, 4) is 0 Å². The summed E-state index contributed by atoms with van der Waals surface area (Å²) in [7, 11) is 0. The molecule has 106 valence electrons. The minimum Gasteiger partial charge on any atom is -0.353 e. The smallest absolute Gasteiger partial charge is 0.157 e. The summed E-state index contributed by atoms with van der Waals surface area (Å²) < 4.78 is 11.2. The van der Waals surface area contributed by atoms with Crippen molar-refractivity contribution in [2.45, 2.75) is 77.4 Å². The molecule has 1 aliphatic heterocycles. The van der Waals surface area contributed by atoms with E-state index >= 15 is 0 Å². The number of allylic oxidation sites excluding steroid dienone is 2. The van der Waals surface area contributed by atoms with E-state index in [2.05, 4.69) is 19.1 Å². The van der Waals surface area contributed by atoms with Gasteiger partial charge >= 0.3 is 0 Å². The molecule has 2 heteroatoms. The summed E-state index contributed by atoms with van der Waals surface area (Å²) in [5, 5.41) is 0. The fourth-order valence-electron chi connectivity index (χ4n) is 2.16. The van der Waals surface area contributed by atoms with Gasteiger partial charge in [0.15, 0.2) is 6.29 Å². The monoisotopic (exact) mass is 254 g/mol. The first-order chi connectivity index (χ1) is 8.93. The Kier molecular flexibility index (Phi) is 10.2. The second-order valence-electron chi connectivity index (χ2n) is 5.13. The Hall–Kier alpha value is -0.340. The van der Waals surface area contributed by atoms with Crippen LogP contribution in [0, 0.1) is 0 Å². The molecule has 1 aliphatic rings. The summed E-state index contributed by atoms with van der Waals surface area (Å²) in [6.07, 6.45) is 17.1. The minimum absolute atomic E-state index is 0.0905. The molecule has 0 aromatic rings. The van der Waals surface area contributed by atoms with Crippen molar-refractivity contribution in [1.29, 1.82) is 0 Å². The van der Waals surface area contributed by atoms with E-state index in [-0.39, 0.29) is 6.29 Å². The Bertz CT molecular complexity index is 195. The molecular weight excluding hydrogens is 224 g/mol. The highest BCUT2D eigenvalue weighted by Gasteiger charge is 2.12. The molecule has 0 spiro atoms. The predicted molar refractivity (Wildman–Crippen MR) is 76.7 cm³/mol. The fraction of sp³-hybridized carbons (Fsp3) is 0.875. The number of ether oxygens (including phenoxy) is 2. The molecular formula is C16H30O2. The van der Waals surface area contributed by atoms with Crippen LogP contribution in [0.4, 0.5) is 0 Å². The van der Waals surface area contributed by atoms with Crippen LogP contribution >= 0.6 is 0 Å². The number of rotatable bonds is 10. The van der Waals surface area contributed by atoms with Gasteiger partial charge in [-0.2, -0.15) is 0 Å². The van der Waals surface area contributed by atoms with Crippen LogP contribution in [0.25, 0.3) is 0 Å². The molecule has 1 heterocycles. The van der Waals surface area contributed by atoms with Crippen LogP contribution in [0.2, 0.25) is 0 Å². The molecule has 1 atom stereocenters. The second-order valence-corrected chi connectivity index (χ2v) is 5.13. The molecule has 0 amide bonds. The maximum Gasteiger partial charge on any atom is 0.157 e. The molecule has 0 aromatic heterocycles. The van der Waals surface area contributed by atoms with Gasteiger partial charge in [0.05, 0.1) is 0 Å². The molecule has 1 fully saturated rings. The first-order valence-corrected chi connectivity index (χ1v) is 7.81. The third-order valence-corrected chi connectivity index (χ3v) is 3.35. The SMILES string of the molecule is CCCCC=CCCCCCOC1CCCCO1. The third-order valence-electron chi connectivity index (χ3n) is 3.35. The van der Waals surface area contributed by atoms with Crippen molar-refractivity contribution < 1.29 is 9.47 Å². The van der Waals surface area contributed by atoms with E-state index in [0.29, 0.717) is 0 Å². The van der Waals surface area contributed by atoms with E-state index in [1.807, 2.05) is 0 Å². The Morgan fingerprint density at radius 2 is 1.89 bits per heavy atom. The highest BCUT2D eigenvalue weighted by Crippen LogP contribution is 2.14. The largest absolute Gasteiger partial charge is 0.353 e. The Labute approximate surface area is 113 Å². The molecule has 1 rings (SSSR count). The summed E-state index contributed by atoms with van der Waals surface area (Å²) in [5.41, 5.74) is 0. The van der Waals surface area contributed by atoms with Gasteiger partial charge in [0.1, 0.15) is 0 Å². The van der Waals surface area contributed by atoms with Crippen LogP contribution in [0.15, 0.2) is 12.2 Å². The van der Waals surface area contributed by atoms with Crippen LogP contribution in [0.5, 0.6) is 0 Å². The van der Waals surface area contributed by atoms with Gasteiger partial charge in [0, 0.05) is 13.2 Å². The lowest BCUT2D eigenvalue weighted by Crippen LogP contribution is -2.22. The number of hydrogen-bond acceptors (Lipinski definition) is 2. The summed E-state index contributed by atoms with van der Waals surface area (Å²) in [6, 6.07) is 0. The molecule has 2 nitrogen and oxygen atoms in total. The molecule has 0 aliphatic carbocycles. The lowest BCUT2D eigenvalue weighted by Gasteiger charge is -2.22. The zero-order chi connectivity index (χ0) is 12.9. The van der Waals surface area contributed by atoms with Crippen molar-refractivity contribution in [1.82, 2.24) is 0 Å². The minimum atomic E-state index is 0.0905. The van der Waals surface area contributed by atoms with Crippen molar-refractivity contribution >= 4 is 0 Å². The molecule has 0 radical (unpaired) electrons. The molecule has 1 saturated heterocycles. The zero-order valence-corrected chi connectivity index (χ0v) is 12.0. The van der Waals surface area contributed by atoms with E-state index in [4.69, 9.17) is 9.47 Å². The van der Waals surface area contributed by atoms with Crippen molar-refractivity contribution in [2.75, 3.05) is 13.2 Å². The van der Waals surface area contributed by atoms with E-state index < -0.39 is 0 Å². The van der Waals surface area contributed by atoms with Gasteiger partial charge in [-0.05, 0) is 44.9 Å². The van der Waals surface area contributed by atoms with Crippen molar-refractivity contribution in [3.63, 3.8) is 0 Å². The number of unbranched alkanes of at least 4 members (excludes halogenated alkanes) is 5. The van der Waals surface area contributed by atoms with Crippen LogP contribution < -0.4 is 0 Å². The van der Waals surface area contributed by atoms with Gasteiger partial charge in [-0.1, -0.05) is 38.3 Å². The van der Waals surface area contributed by atoms with Gasteiger partial charge < -0.3 is 9.47 Å². The van der Waals surface area contributed by atoms with E-state index in [0.717, 1.165) is 19.6 Å². The Morgan fingerprint density at radius 1 is 1.06 bits per heavy atom. The molecule has 0 saturated carbocycles. The molecule has 1 unspecified atom stereocenters. The molecule has 0 aromatic carbocycles. The molecule has 18 heavy (non-hydrogen) atoms. The van der Waals surface area contributed by atoms with Gasteiger partial charge in [-0.25, -0.2) is 0 Å². The van der Waals surface area contributed by atoms with Gasteiger partial charge in [0.25, 0.3) is 0 Å². The van der Waals surface area contributed by atoms with Crippen molar-refractivity contribution in [3.05, 3.63) is 12.2 Å². The second kappa shape index (κ2) is 11.7. The Morgan fingerprint density at radius 3 is 2.61 bits per heavy atom. The van der Waals surface area contributed by atoms with Crippen molar-refractivity contribution in [2.24, 2.45) is 0 Å². The average Bonchev–Trinajstić information content (AvgIpc) is 2.42. The maximum absolute atomic E-state index is 5.70. The highest BCUT2D eigenvalue weighted by molar-refractivity contribution is 4.81. The summed E-state index contributed by atoms with van der Waals surface area (Å²) in [5.74, 6) is 0. The summed E-state index contributed by atoms with van der Waals surface area (Å²) in [4.78, 5) is 0. The quantitative estimate of drug-likeness (QED) is 0.410. The molecule has 0 N–H and O–H groups in total. The van der Waals surface area contributed by atoms with Gasteiger partial charge in [-0.15, -0.1) is 0 Å². The Balaban J connectivity index is 1.79. The van der Waals surface area contributed by atoms with E-state index in [9.17, 15) is 0 Å². The van der Waals surface area contributed by atoms with Crippen LogP contribution in [0.3, 0.4) is 0 Å². The zero-order valence-electron chi connectivity index (χ0n) is 12.0. The lowest BCUT2D eigenvalue weighted by molar-refractivity contribution is -0.162. The summed E-state index contributed by atoms with van der Waals surface area (Å²) >= 11 is 0. The van der Waals surface area contributed by atoms with Crippen LogP contribution in [-0.2, 0) is 9.47 Å². The highest BCUT2D eigenvalue weighted by atomic mass is 16.7. The van der Waals surface area contributed by atoms with E-state index in [1.54, 1.807) is 0 Å². The molecule has 0 bridgehead atoms. The normalized spacial score (nSPS) is 20.6. The first kappa shape index (κ1) is 15.7.